The molecule has 4 heterocycles. The molecule has 194 valence electrons. The summed E-state index contributed by atoms with van der Waals surface area (Å²) in [6.45, 7) is 5.15. The Morgan fingerprint density at radius 1 is 1.08 bits per heavy atom. The Morgan fingerprint density at radius 3 is 2.54 bits per heavy atom. The second-order valence-corrected chi connectivity index (χ2v) is 9.89. The van der Waals surface area contributed by atoms with Crippen LogP contribution >= 0.6 is 0 Å². The van der Waals surface area contributed by atoms with Crippen molar-refractivity contribution in [2.24, 2.45) is 0 Å². The third kappa shape index (κ3) is 5.73. The number of nitrogens with two attached hydrogens (primary N) is 1. The smallest absolute Gasteiger partial charge is 0.189 e. The minimum Gasteiger partial charge on any atom is -0.382 e. The van der Waals surface area contributed by atoms with E-state index in [9.17, 15) is 4.79 Å². The maximum atomic E-state index is 13.3. The lowest BCUT2D eigenvalue weighted by atomic mass is 10.0. The molecule has 0 saturated carbocycles. The Bertz CT molecular complexity index is 1220. The molecular formula is C28H35N7O2. The first kappa shape index (κ1) is 25.1. The highest BCUT2D eigenvalue weighted by Crippen LogP contribution is 2.27. The van der Waals surface area contributed by atoms with E-state index in [1.165, 1.54) is 5.69 Å². The molecule has 0 spiro atoms. The molecule has 0 aliphatic carbocycles. The van der Waals surface area contributed by atoms with Crippen LogP contribution in [0.3, 0.4) is 0 Å². The largest absolute Gasteiger partial charge is 0.382 e. The second kappa shape index (κ2) is 11.2. The highest BCUT2D eigenvalue weighted by atomic mass is 16.5. The lowest BCUT2D eigenvalue weighted by Gasteiger charge is -2.36. The van der Waals surface area contributed by atoms with Crippen molar-refractivity contribution in [3.63, 3.8) is 0 Å². The monoisotopic (exact) mass is 501 g/mol. The summed E-state index contributed by atoms with van der Waals surface area (Å²) in [6, 6.07) is 10.8. The van der Waals surface area contributed by atoms with Crippen LogP contribution in [-0.2, 0) is 11.2 Å². The quantitative estimate of drug-likeness (QED) is 0.490. The number of nitrogens with zero attached hydrogens (tertiary/aromatic N) is 6. The molecule has 37 heavy (non-hydrogen) atoms. The average molecular weight is 502 g/mol. The van der Waals surface area contributed by atoms with Gasteiger partial charge in [-0.05, 0) is 51.2 Å². The van der Waals surface area contributed by atoms with Gasteiger partial charge in [-0.15, -0.1) is 0 Å². The molecule has 0 radical (unpaired) electrons. The van der Waals surface area contributed by atoms with E-state index < -0.39 is 0 Å². The van der Waals surface area contributed by atoms with Gasteiger partial charge >= 0.3 is 0 Å². The number of likely N-dealkylation sites (tertiary alicyclic amines) is 1. The second-order valence-electron chi connectivity index (χ2n) is 9.89. The Kier molecular flexibility index (Phi) is 7.62. The molecular weight excluding hydrogens is 466 g/mol. The van der Waals surface area contributed by atoms with E-state index in [0.29, 0.717) is 24.9 Å². The van der Waals surface area contributed by atoms with Crippen molar-refractivity contribution in [1.29, 1.82) is 0 Å². The first-order chi connectivity index (χ1) is 18.0. The van der Waals surface area contributed by atoms with Crippen LogP contribution in [0.15, 0.2) is 48.9 Å². The molecule has 2 aromatic heterocycles. The van der Waals surface area contributed by atoms with Gasteiger partial charge in [0.05, 0.1) is 25.1 Å². The molecule has 2 N–H and O–H groups in total. The fourth-order valence-corrected chi connectivity index (χ4v) is 5.13. The Labute approximate surface area is 218 Å². The minimum atomic E-state index is -0.173. The van der Waals surface area contributed by atoms with Crippen LogP contribution in [0.5, 0.6) is 0 Å². The van der Waals surface area contributed by atoms with Gasteiger partial charge in [-0.2, -0.15) is 0 Å². The predicted molar refractivity (Wildman–Crippen MR) is 146 cm³/mol. The molecule has 0 amide bonds. The molecule has 0 bridgehead atoms. The highest BCUT2D eigenvalue weighted by molar-refractivity contribution is 6.00. The van der Waals surface area contributed by atoms with E-state index >= 15 is 0 Å². The molecule has 2 fully saturated rings. The number of carbonyl (C=O) groups is 1. The average Bonchev–Trinajstić information content (AvgIpc) is 2.94. The summed E-state index contributed by atoms with van der Waals surface area (Å²) in [5.41, 5.74) is 10.9. The van der Waals surface area contributed by atoms with Crippen molar-refractivity contribution in [3.05, 3.63) is 60.2 Å². The Balaban J connectivity index is 1.32. The zero-order chi connectivity index (χ0) is 25.8. The third-order valence-corrected chi connectivity index (χ3v) is 7.45. The van der Waals surface area contributed by atoms with Gasteiger partial charge in [0.2, 0.25) is 0 Å². The number of piperidine rings is 1. The number of carbonyl (C=O) groups excluding carboxylic acids is 1. The summed E-state index contributed by atoms with van der Waals surface area (Å²) in [7, 11) is 4.34. The normalized spacial score (nSPS) is 17.1. The first-order valence-corrected chi connectivity index (χ1v) is 12.9. The molecule has 9 nitrogen and oxygen atoms in total. The number of benzene rings is 1. The number of aromatic nitrogens is 3. The summed E-state index contributed by atoms with van der Waals surface area (Å²) in [6.07, 6.45) is 7.60. The van der Waals surface area contributed by atoms with E-state index in [2.05, 4.69) is 55.9 Å². The van der Waals surface area contributed by atoms with Crippen molar-refractivity contribution in [3.8, 4) is 11.3 Å². The number of pyridine rings is 1. The minimum absolute atomic E-state index is 0.143. The molecule has 3 aromatic rings. The topological polar surface area (TPSA) is 101 Å². The van der Waals surface area contributed by atoms with Gasteiger partial charge in [-0.1, -0.05) is 12.1 Å². The van der Waals surface area contributed by atoms with Crippen LogP contribution < -0.4 is 15.5 Å². The van der Waals surface area contributed by atoms with Gasteiger partial charge in [0.25, 0.3) is 0 Å². The summed E-state index contributed by atoms with van der Waals surface area (Å²) < 4.78 is 5.47. The summed E-state index contributed by atoms with van der Waals surface area (Å²) >= 11 is 0. The molecule has 5 rings (SSSR count). The van der Waals surface area contributed by atoms with Crippen LogP contribution in [0.25, 0.3) is 11.3 Å². The predicted octanol–water partition coefficient (Wildman–Crippen LogP) is 2.91. The number of nitrogen functional groups attached to an aromatic ring is 1. The van der Waals surface area contributed by atoms with Crippen LogP contribution in [0, 0.1) is 0 Å². The molecule has 1 aromatic carbocycles. The Hall–Kier alpha value is -3.56. The SMILES string of the molecule is CN1CCC(N(C)c2ccc(-c3cnc(N)c(C(=O)Cc4cnccc4N4CCOCC4)n3)cc2)CC1. The molecule has 2 aliphatic heterocycles. The third-order valence-electron chi connectivity index (χ3n) is 7.45. The maximum Gasteiger partial charge on any atom is 0.189 e. The number of morpholine rings is 1. The van der Waals surface area contributed by atoms with Gasteiger partial charge in [-0.25, -0.2) is 9.97 Å². The van der Waals surface area contributed by atoms with Gasteiger partial charge in [0.15, 0.2) is 11.6 Å². The standard InChI is InChI=1S/C28H35N7O2/c1-33-11-8-23(9-12-33)34(2)22-5-3-20(4-6-22)24-19-31-28(29)27(32-24)26(36)17-21-18-30-10-7-25(21)35-13-15-37-16-14-35/h3-7,10,18-19,23H,8-9,11-17H2,1-2H3,(H2,29,31). The van der Waals surface area contributed by atoms with E-state index in [0.717, 1.165) is 55.8 Å². The highest BCUT2D eigenvalue weighted by Gasteiger charge is 2.22. The van der Waals surface area contributed by atoms with Crippen molar-refractivity contribution >= 4 is 23.0 Å². The van der Waals surface area contributed by atoms with Crippen LogP contribution in [0.2, 0.25) is 0 Å². The van der Waals surface area contributed by atoms with E-state index in [1.807, 2.05) is 18.2 Å². The molecule has 2 saturated heterocycles. The number of anilines is 3. The van der Waals surface area contributed by atoms with Gasteiger partial charge in [0, 0.05) is 67.5 Å². The van der Waals surface area contributed by atoms with Gasteiger partial charge in [0.1, 0.15) is 5.69 Å². The molecule has 2 aliphatic rings. The number of hydrogen-bond acceptors (Lipinski definition) is 9. The van der Waals surface area contributed by atoms with E-state index in [1.54, 1.807) is 18.6 Å². The lowest BCUT2D eigenvalue weighted by molar-refractivity contribution is 0.0988. The molecule has 9 heteroatoms. The lowest BCUT2D eigenvalue weighted by Crippen LogP contribution is -2.41. The van der Waals surface area contributed by atoms with Gasteiger partial charge < -0.3 is 25.2 Å². The maximum absolute atomic E-state index is 13.3. The number of Topliss-reactive ketones (excluding diaryl/α,β-unsaturated/α-hetero) is 1. The zero-order valence-electron chi connectivity index (χ0n) is 21.6. The van der Waals surface area contributed by atoms with E-state index in [4.69, 9.17) is 10.5 Å². The van der Waals surface area contributed by atoms with Gasteiger partial charge in [-0.3, -0.25) is 9.78 Å². The van der Waals surface area contributed by atoms with Crippen LogP contribution in [-0.4, -0.2) is 85.2 Å². The van der Waals surface area contributed by atoms with Crippen LogP contribution in [0.4, 0.5) is 17.2 Å². The molecule has 0 atom stereocenters. The molecule has 0 unspecified atom stereocenters. The van der Waals surface area contributed by atoms with Crippen molar-refractivity contribution in [1.82, 2.24) is 19.9 Å². The number of ether oxygens (including phenoxy) is 1. The zero-order valence-corrected chi connectivity index (χ0v) is 21.6. The Morgan fingerprint density at radius 2 is 1.81 bits per heavy atom. The summed E-state index contributed by atoms with van der Waals surface area (Å²) in [5, 5.41) is 0. The van der Waals surface area contributed by atoms with Crippen molar-refractivity contribution in [2.45, 2.75) is 25.3 Å². The fraction of sp³-hybridized carbons (Fsp3) is 0.429. The first-order valence-electron chi connectivity index (χ1n) is 12.9. The fourth-order valence-electron chi connectivity index (χ4n) is 5.13. The van der Waals surface area contributed by atoms with Crippen LogP contribution in [0.1, 0.15) is 28.9 Å². The number of hydrogen-bond donors (Lipinski definition) is 1. The van der Waals surface area contributed by atoms with Crippen molar-refractivity contribution in [2.75, 3.05) is 69.0 Å². The summed E-state index contributed by atoms with van der Waals surface area (Å²) in [4.78, 5) is 33.5. The van der Waals surface area contributed by atoms with E-state index in [-0.39, 0.29) is 23.7 Å². The summed E-state index contributed by atoms with van der Waals surface area (Å²) in [5.74, 6) is -0.0304. The number of rotatable bonds is 7. The number of ketones is 1. The van der Waals surface area contributed by atoms with Crippen molar-refractivity contribution < 1.29 is 9.53 Å².